The van der Waals surface area contributed by atoms with Crippen LogP contribution >= 0.6 is 23.2 Å². The number of hydrogen-bond donors (Lipinski definition) is 2. The Balaban J connectivity index is 1.64. The molecule has 1 fully saturated rings. The summed E-state index contributed by atoms with van der Waals surface area (Å²) in [6, 6.07) is 13.3. The Morgan fingerprint density at radius 2 is 1.79 bits per heavy atom. The Morgan fingerprint density at radius 3 is 2.46 bits per heavy atom. The number of rotatable bonds is 13. The van der Waals surface area contributed by atoms with Crippen LogP contribution in [-0.2, 0) is 20.9 Å². The molecule has 1 aliphatic heterocycles. The van der Waals surface area contributed by atoms with Crippen molar-refractivity contribution >= 4 is 40.7 Å². The third kappa shape index (κ3) is 9.65. The zero-order valence-electron chi connectivity index (χ0n) is 23.4. The van der Waals surface area contributed by atoms with Gasteiger partial charge in [0.05, 0.1) is 19.1 Å². The molecular formula is C29H41Cl2N5O3. The van der Waals surface area contributed by atoms with E-state index in [-0.39, 0.29) is 24.3 Å². The van der Waals surface area contributed by atoms with Gasteiger partial charge in [-0.2, -0.15) is 0 Å². The molecule has 2 aromatic rings. The fraction of sp³-hybridized carbons (Fsp3) is 0.517. The molecular weight excluding hydrogens is 537 g/mol. The van der Waals surface area contributed by atoms with E-state index in [9.17, 15) is 9.59 Å². The van der Waals surface area contributed by atoms with E-state index in [1.807, 2.05) is 30.0 Å². The maximum absolute atomic E-state index is 13.4. The second kappa shape index (κ2) is 15.4. The minimum atomic E-state index is -0.532. The number of hydrogen-bond acceptors (Lipinski definition) is 6. The van der Waals surface area contributed by atoms with E-state index >= 15 is 0 Å². The molecule has 0 aliphatic carbocycles. The topological polar surface area (TPSA) is 77.1 Å². The largest absolute Gasteiger partial charge is 0.383 e. The summed E-state index contributed by atoms with van der Waals surface area (Å²) in [5.74, 6) is -0.135. The van der Waals surface area contributed by atoms with Gasteiger partial charge in [0.2, 0.25) is 11.8 Å². The van der Waals surface area contributed by atoms with Gasteiger partial charge in [-0.25, -0.2) is 0 Å². The molecule has 8 nitrogen and oxygen atoms in total. The number of nitrogens with one attached hydrogen (secondary N) is 2. The molecule has 1 aliphatic rings. The van der Waals surface area contributed by atoms with E-state index in [2.05, 4.69) is 40.7 Å². The molecule has 0 saturated carbocycles. The number of anilines is 1. The Morgan fingerprint density at radius 1 is 1.08 bits per heavy atom. The lowest BCUT2D eigenvalue weighted by atomic mass is 10.0. The van der Waals surface area contributed by atoms with E-state index in [0.717, 1.165) is 19.6 Å². The Labute approximate surface area is 242 Å². The van der Waals surface area contributed by atoms with Crippen LogP contribution in [0, 0.1) is 0 Å². The highest BCUT2D eigenvalue weighted by molar-refractivity contribution is 6.35. The average molecular weight is 579 g/mol. The Bertz CT molecular complexity index is 1090. The molecule has 2 amide bonds. The molecule has 2 atom stereocenters. The van der Waals surface area contributed by atoms with E-state index in [4.69, 9.17) is 27.9 Å². The van der Waals surface area contributed by atoms with Gasteiger partial charge >= 0.3 is 0 Å². The van der Waals surface area contributed by atoms with Crippen molar-refractivity contribution in [2.24, 2.45) is 0 Å². The van der Waals surface area contributed by atoms with Gasteiger partial charge in [0, 0.05) is 74.6 Å². The van der Waals surface area contributed by atoms with Crippen LogP contribution in [0.2, 0.25) is 10.0 Å². The minimum absolute atomic E-state index is 0.0121. The number of benzene rings is 2. The van der Waals surface area contributed by atoms with Crippen molar-refractivity contribution in [2.45, 2.75) is 38.4 Å². The normalized spacial score (nSPS) is 15.4. The zero-order valence-corrected chi connectivity index (χ0v) is 24.9. The van der Waals surface area contributed by atoms with Crippen molar-refractivity contribution in [3.8, 4) is 0 Å². The third-order valence-electron chi connectivity index (χ3n) is 6.86. The Hall–Kier alpha value is -2.36. The van der Waals surface area contributed by atoms with E-state index in [1.165, 1.54) is 11.3 Å². The summed E-state index contributed by atoms with van der Waals surface area (Å²) in [6.07, 6.45) is 0.465. The molecule has 10 heteroatoms. The molecule has 214 valence electrons. The monoisotopic (exact) mass is 577 g/mol. The van der Waals surface area contributed by atoms with Crippen molar-refractivity contribution < 1.29 is 14.3 Å². The second-order valence-electron chi connectivity index (χ2n) is 10.3. The van der Waals surface area contributed by atoms with Crippen LogP contribution in [0.1, 0.15) is 36.9 Å². The number of piperazine rings is 1. The van der Waals surface area contributed by atoms with Gasteiger partial charge in [-0.15, -0.1) is 0 Å². The van der Waals surface area contributed by atoms with Crippen molar-refractivity contribution in [1.82, 2.24) is 20.4 Å². The van der Waals surface area contributed by atoms with Crippen LogP contribution in [0.15, 0.2) is 42.5 Å². The van der Waals surface area contributed by atoms with Crippen molar-refractivity contribution in [3.05, 3.63) is 63.6 Å². The summed E-state index contributed by atoms with van der Waals surface area (Å²) < 4.78 is 5.23. The quantitative estimate of drug-likeness (QED) is 0.375. The highest BCUT2D eigenvalue weighted by Gasteiger charge is 2.27. The smallest absolute Gasteiger partial charge is 0.225 e. The van der Waals surface area contributed by atoms with Crippen molar-refractivity contribution in [3.63, 3.8) is 0 Å². The van der Waals surface area contributed by atoms with Gasteiger partial charge in [-0.3, -0.25) is 9.59 Å². The highest BCUT2D eigenvalue weighted by Crippen LogP contribution is 2.29. The van der Waals surface area contributed by atoms with E-state index in [1.54, 1.807) is 25.3 Å². The molecule has 39 heavy (non-hydrogen) atoms. The fourth-order valence-corrected chi connectivity index (χ4v) is 5.22. The Kier molecular flexibility index (Phi) is 12.3. The van der Waals surface area contributed by atoms with Crippen LogP contribution in [0.25, 0.3) is 0 Å². The molecule has 2 aromatic carbocycles. The minimum Gasteiger partial charge on any atom is -0.383 e. The van der Waals surface area contributed by atoms with Crippen LogP contribution in [0.5, 0.6) is 0 Å². The molecule has 0 spiro atoms. The first kappa shape index (κ1) is 31.2. The number of nitrogens with zero attached hydrogens (tertiary/aromatic N) is 3. The summed E-state index contributed by atoms with van der Waals surface area (Å²) in [5.41, 5.74) is 3.09. The molecule has 3 rings (SSSR count). The molecule has 1 saturated heterocycles. The summed E-state index contributed by atoms with van der Waals surface area (Å²) in [4.78, 5) is 32.2. The van der Waals surface area contributed by atoms with Gasteiger partial charge in [-0.1, -0.05) is 47.5 Å². The number of para-hydroxylation sites is 1. The maximum Gasteiger partial charge on any atom is 0.225 e. The molecule has 0 aromatic heterocycles. The zero-order chi connectivity index (χ0) is 28.4. The SMILES string of the molecule is COCC(C)NCc1ccccc1N1CCN(C(=O)CC(NC(=O)CCN(C)C)c2ccc(Cl)cc2Cl)CC1. The second-order valence-corrected chi connectivity index (χ2v) is 11.1. The summed E-state index contributed by atoms with van der Waals surface area (Å²) in [6.45, 7) is 6.80. The summed E-state index contributed by atoms with van der Waals surface area (Å²) in [7, 11) is 5.54. The lowest BCUT2D eigenvalue weighted by Crippen LogP contribution is -2.49. The predicted molar refractivity (Wildman–Crippen MR) is 159 cm³/mol. The number of halogens is 2. The third-order valence-corrected chi connectivity index (χ3v) is 7.42. The standard InChI is InChI=1S/C29H41Cl2N5O3/c1-21(20-39-4)32-19-22-7-5-6-8-27(22)35-13-15-36(16-14-35)29(38)18-26(33-28(37)11-12-34(2)3)24-10-9-23(30)17-25(24)31/h5-10,17,21,26,32H,11-16,18-20H2,1-4H3,(H,33,37). The van der Waals surface area contributed by atoms with Gasteiger partial charge in [0.25, 0.3) is 0 Å². The van der Waals surface area contributed by atoms with Crippen LogP contribution in [0.4, 0.5) is 5.69 Å². The molecule has 0 bridgehead atoms. The van der Waals surface area contributed by atoms with Gasteiger partial charge in [0.15, 0.2) is 0 Å². The van der Waals surface area contributed by atoms with Gasteiger partial charge in [-0.05, 0) is 50.3 Å². The van der Waals surface area contributed by atoms with Gasteiger partial charge < -0.3 is 30.1 Å². The van der Waals surface area contributed by atoms with Crippen molar-refractivity contribution in [2.75, 3.05) is 65.4 Å². The lowest BCUT2D eigenvalue weighted by molar-refractivity contribution is -0.132. The van der Waals surface area contributed by atoms with Crippen LogP contribution in [0.3, 0.4) is 0 Å². The number of amides is 2. The number of carbonyl (C=O) groups is 2. The van der Waals surface area contributed by atoms with Gasteiger partial charge in [0.1, 0.15) is 0 Å². The molecule has 2 unspecified atom stereocenters. The predicted octanol–water partition coefficient (Wildman–Crippen LogP) is 3.97. The average Bonchev–Trinajstić information content (AvgIpc) is 2.91. The lowest BCUT2D eigenvalue weighted by Gasteiger charge is -2.37. The highest BCUT2D eigenvalue weighted by atomic mass is 35.5. The first-order chi connectivity index (χ1) is 18.7. The summed E-state index contributed by atoms with van der Waals surface area (Å²) in [5, 5.41) is 7.48. The maximum atomic E-state index is 13.4. The number of methoxy groups -OCH3 is 1. The van der Waals surface area contributed by atoms with Crippen LogP contribution in [-0.4, -0.2) is 88.2 Å². The first-order valence-electron chi connectivity index (χ1n) is 13.4. The van der Waals surface area contributed by atoms with E-state index < -0.39 is 6.04 Å². The first-order valence-corrected chi connectivity index (χ1v) is 14.2. The van der Waals surface area contributed by atoms with Crippen molar-refractivity contribution in [1.29, 1.82) is 0 Å². The molecule has 0 radical (unpaired) electrons. The fourth-order valence-electron chi connectivity index (χ4n) is 4.68. The van der Waals surface area contributed by atoms with Crippen LogP contribution < -0.4 is 15.5 Å². The molecule has 1 heterocycles. The van der Waals surface area contributed by atoms with E-state index in [0.29, 0.717) is 48.3 Å². The number of carbonyl (C=O) groups excluding carboxylic acids is 2. The molecule has 2 N–H and O–H groups in total. The summed E-state index contributed by atoms with van der Waals surface area (Å²) >= 11 is 12.6. The number of ether oxygens (including phenoxy) is 1.